The first-order chi connectivity index (χ1) is 12.1. The van der Waals surface area contributed by atoms with E-state index in [1.807, 2.05) is 24.3 Å². The quantitative estimate of drug-likeness (QED) is 0.420. The molecule has 2 heterocycles. The minimum absolute atomic E-state index is 0.833. The number of fused-ring (bicyclic) bond motifs is 1. The summed E-state index contributed by atoms with van der Waals surface area (Å²) in [6.07, 6.45) is 1.62. The highest BCUT2D eigenvalue weighted by Crippen LogP contribution is 2.38. The van der Waals surface area contributed by atoms with Gasteiger partial charge in [0.2, 0.25) is 0 Å². The Hall–Kier alpha value is -2.24. The fourth-order valence-corrected chi connectivity index (χ4v) is 4.29. The van der Waals surface area contributed by atoms with E-state index in [-0.39, 0.29) is 0 Å². The van der Waals surface area contributed by atoms with Gasteiger partial charge in [-0.2, -0.15) is 0 Å². The first-order valence-corrected chi connectivity index (χ1v) is 9.61. The number of halogens is 1. The van der Waals surface area contributed by atoms with Crippen LogP contribution in [0.5, 0.6) is 0 Å². The Morgan fingerprint density at radius 3 is 2.68 bits per heavy atom. The van der Waals surface area contributed by atoms with E-state index in [9.17, 15) is 0 Å². The van der Waals surface area contributed by atoms with Crippen molar-refractivity contribution in [3.8, 4) is 11.1 Å². The number of aryl methyl sites for hydroxylation is 2. The van der Waals surface area contributed by atoms with E-state index in [4.69, 9.17) is 0 Å². The van der Waals surface area contributed by atoms with Gasteiger partial charge in [0, 0.05) is 21.1 Å². The van der Waals surface area contributed by atoms with Crippen LogP contribution in [0, 0.1) is 13.8 Å². The first-order valence-electron chi connectivity index (χ1n) is 7.94. The maximum atomic E-state index is 4.51. The average molecular weight is 410 g/mol. The molecule has 0 amide bonds. The minimum atomic E-state index is 0.833. The Bertz CT molecular complexity index is 1070. The molecule has 2 aromatic heterocycles. The third-order valence-corrected chi connectivity index (χ3v) is 5.51. The Morgan fingerprint density at radius 1 is 1.00 bits per heavy atom. The summed E-state index contributed by atoms with van der Waals surface area (Å²) in [5.41, 5.74) is 5.92. The molecule has 0 aliphatic carbocycles. The molecule has 4 rings (SSSR count). The molecule has 0 spiro atoms. The normalized spacial score (nSPS) is 11.0. The molecular weight excluding hydrogens is 394 g/mol. The molecule has 1 N–H and O–H groups in total. The predicted octanol–water partition coefficient (Wildman–Crippen LogP) is 6.48. The van der Waals surface area contributed by atoms with Gasteiger partial charge < -0.3 is 5.32 Å². The summed E-state index contributed by atoms with van der Waals surface area (Å²) in [6, 6.07) is 14.6. The molecule has 0 radical (unpaired) electrons. The van der Waals surface area contributed by atoms with Gasteiger partial charge >= 0.3 is 0 Å². The number of anilines is 2. The van der Waals surface area contributed by atoms with Crippen LogP contribution in [-0.4, -0.2) is 9.97 Å². The topological polar surface area (TPSA) is 37.8 Å². The van der Waals surface area contributed by atoms with Gasteiger partial charge in [0.25, 0.3) is 0 Å². The SMILES string of the molecule is Cc1ccc(-c2csc3ncnc(Nc4cccc(Br)c4)c23)c(C)c1. The number of nitrogens with zero attached hydrogens (tertiary/aromatic N) is 2. The van der Waals surface area contributed by atoms with E-state index in [1.54, 1.807) is 17.7 Å². The monoisotopic (exact) mass is 409 g/mol. The summed E-state index contributed by atoms with van der Waals surface area (Å²) in [7, 11) is 0. The summed E-state index contributed by atoms with van der Waals surface area (Å²) >= 11 is 5.16. The van der Waals surface area contributed by atoms with Crippen LogP contribution >= 0.6 is 27.3 Å². The molecule has 2 aromatic carbocycles. The fourth-order valence-electron chi connectivity index (χ4n) is 2.99. The highest BCUT2D eigenvalue weighted by atomic mass is 79.9. The summed E-state index contributed by atoms with van der Waals surface area (Å²) in [5, 5.41) is 6.68. The molecule has 0 unspecified atom stereocenters. The van der Waals surface area contributed by atoms with Crippen LogP contribution in [0.4, 0.5) is 11.5 Å². The molecule has 3 nitrogen and oxygen atoms in total. The Morgan fingerprint density at radius 2 is 1.88 bits per heavy atom. The van der Waals surface area contributed by atoms with Crippen molar-refractivity contribution < 1.29 is 0 Å². The number of aromatic nitrogens is 2. The van der Waals surface area contributed by atoms with Crippen molar-refractivity contribution in [3.63, 3.8) is 0 Å². The lowest BCUT2D eigenvalue weighted by molar-refractivity contribution is 1.23. The number of hydrogen-bond acceptors (Lipinski definition) is 4. The van der Waals surface area contributed by atoms with Gasteiger partial charge in [0.05, 0.1) is 5.39 Å². The van der Waals surface area contributed by atoms with Crippen LogP contribution in [-0.2, 0) is 0 Å². The zero-order chi connectivity index (χ0) is 17.4. The maximum Gasteiger partial charge on any atom is 0.143 e. The van der Waals surface area contributed by atoms with Gasteiger partial charge in [-0.3, -0.25) is 0 Å². The molecule has 124 valence electrons. The highest BCUT2D eigenvalue weighted by molar-refractivity contribution is 9.10. The molecule has 0 saturated heterocycles. The Labute approximate surface area is 158 Å². The number of benzene rings is 2. The van der Waals surface area contributed by atoms with Gasteiger partial charge in [0.1, 0.15) is 17.0 Å². The van der Waals surface area contributed by atoms with E-state index >= 15 is 0 Å². The standard InChI is InChI=1S/C20H16BrN3S/c1-12-6-7-16(13(2)8-12)17-10-25-20-18(17)19(22-11-23-20)24-15-5-3-4-14(21)9-15/h3-11H,1-2H3,(H,22,23,24). The second-order valence-electron chi connectivity index (χ2n) is 6.01. The molecule has 0 saturated carbocycles. The summed E-state index contributed by atoms with van der Waals surface area (Å²) in [4.78, 5) is 9.95. The van der Waals surface area contributed by atoms with Crippen molar-refractivity contribution in [2.24, 2.45) is 0 Å². The largest absolute Gasteiger partial charge is 0.340 e. The first kappa shape index (κ1) is 16.2. The van der Waals surface area contributed by atoms with Crippen molar-refractivity contribution in [2.45, 2.75) is 13.8 Å². The predicted molar refractivity (Wildman–Crippen MR) is 110 cm³/mol. The summed E-state index contributed by atoms with van der Waals surface area (Å²) in [5.74, 6) is 0.833. The van der Waals surface area contributed by atoms with Gasteiger partial charge in [-0.1, -0.05) is 45.8 Å². The lowest BCUT2D eigenvalue weighted by atomic mass is 9.99. The average Bonchev–Trinajstić information content (AvgIpc) is 3.00. The van der Waals surface area contributed by atoms with Crippen molar-refractivity contribution in [1.82, 2.24) is 9.97 Å². The van der Waals surface area contributed by atoms with Crippen LogP contribution in [0.15, 0.2) is 58.6 Å². The number of thiophene rings is 1. The number of nitrogens with one attached hydrogen (secondary N) is 1. The summed E-state index contributed by atoms with van der Waals surface area (Å²) < 4.78 is 1.03. The molecule has 25 heavy (non-hydrogen) atoms. The van der Waals surface area contributed by atoms with Gasteiger partial charge in [-0.25, -0.2) is 9.97 Å². The van der Waals surface area contributed by atoms with Crippen LogP contribution in [0.3, 0.4) is 0 Å². The molecular formula is C20H16BrN3S. The van der Waals surface area contributed by atoms with Crippen LogP contribution in [0.2, 0.25) is 0 Å². The van der Waals surface area contributed by atoms with E-state index in [1.165, 1.54) is 22.3 Å². The van der Waals surface area contributed by atoms with Crippen molar-refractivity contribution in [2.75, 3.05) is 5.32 Å². The van der Waals surface area contributed by atoms with Crippen LogP contribution in [0.25, 0.3) is 21.3 Å². The zero-order valence-corrected chi connectivity index (χ0v) is 16.3. The van der Waals surface area contributed by atoms with E-state index in [0.717, 1.165) is 26.2 Å². The molecule has 4 aromatic rings. The third kappa shape index (κ3) is 3.17. The Kier molecular flexibility index (Phi) is 4.27. The smallest absolute Gasteiger partial charge is 0.143 e. The van der Waals surface area contributed by atoms with E-state index in [2.05, 4.69) is 68.6 Å². The van der Waals surface area contributed by atoms with Crippen LogP contribution < -0.4 is 5.32 Å². The molecule has 0 aliphatic rings. The van der Waals surface area contributed by atoms with Gasteiger partial charge in [-0.15, -0.1) is 11.3 Å². The molecule has 5 heteroatoms. The summed E-state index contributed by atoms with van der Waals surface area (Å²) in [6.45, 7) is 4.27. The third-order valence-electron chi connectivity index (χ3n) is 4.13. The lowest BCUT2D eigenvalue weighted by Crippen LogP contribution is -1.96. The Balaban J connectivity index is 1.87. The van der Waals surface area contributed by atoms with Crippen molar-refractivity contribution >= 4 is 49.0 Å². The number of hydrogen-bond donors (Lipinski definition) is 1. The highest BCUT2D eigenvalue weighted by Gasteiger charge is 2.14. The maximum absolute atomic E-state index is 4.51. The van der Waals surface area contributed by atoms with Crippen molar-refractivity contribution in [1.29, 1.82) is 0 Å². The van der Waals surface area contributed by atoms with E-state index in [0.29, 0.717) is 0 Å². The van der Waals surface area contributed by atoms with E-state index < -0.39 is 0 Å². The molecule has 0 aliphatic heterocycles. The molecule has 0 atom stereocenters. The zero-order valence-electron chi connectivity index (χ0n) is 13.9. The fraction of sp³-hybridized carbons (Fsp3) is 0.100. The van der Waals surface area contributed by atoms with Gasteiger partial charge in [-0.05, 0) is 43.2 Å². The van der Waals surface area contributed by atoms with Crippen molar-refractivity contribution in [3.05, 3.63) is 69.8 Å². The minimum Gasteiger partial charge on any atom is -0.340 e. The second kappa shape index (κ2) is 6.58. The molecule has 0 fully saturated rings. The molecule has 0 bridgehead atoms. The number of rotatable bonds is 3. The lowest BCUT2D eigenvalue weighted by Gasteiger charge is -2.10. The second-order valence-corrected chi connectivity index (χ2v) is 7.78. The van der Waals surface area contributed by atoms with Crippen LogP contribution in [0.1, 0.15) is 11.1 Å². The van der Waals surface area contributed by atoms with Gasteiger partial charge in [0.15, 0.2) is 0 Å².